The monoisotopic (exact) mass is 266 g/mol. The van der Waals surface area contributed by atoms with Gasteiger partial charge in [0.05, 0.1) is 17.1 Å². The van der Waals surface area contributed by atoms with Gasteiger partial charge in [0, 0.05) is 6.61 Å². The number of carboxylic acids is 1. The van der Waals surface area contributed by atoms with Crippen LogP contribution in [-0.4, -0.2) is 34.8 Å². The molecule has 0 spiro atoms. The first-order valence-electron chi connectivity index (χ1n) is 5.89. The fourth-order valence-corrected chi connectivity index (χ4v) is 2.15. The molecule has 2 rings (SSSR count). The van der Waals surface area contributed by atoms with Crippen LogP contribution >= 0.6 is 0 Å². The van der Waals surface area contributed by atoms with Crippen molar-refractivity contribution in [2.45, 2.75) is 25.5 Å². The number of nitrogens with one attached hydrogen (secondary N) is 1. The van der Waals surface area contributed by atoms with E-state index in [-0.39, 0.29) is 23.4 Å². The molecule has 19 heavy (non-hydrogen) atoms. The number of carbonyl (C=O) groups is 1. The number of aromatic carboxylic acids is 1. The van der Waals surface area contributed by atoms with Crippen molar-refractivity contribution in [3.63, 3.8) is 0 Å². The number of hydrogen-bond donors (Lipinski definition) is 2. The zero-order valence-corrected chi connectivity index (χ0v) is 10.3. The average Bonchev–Trinajstić information content (AvgIpc) is 2.74. The van der Waals surface area contributed by atoms with Crippen LogP contribution in [0.2, 0.25) is 0 Å². The molecular formula is C12H14N2O5. The molecular weight excluding hydrogens is 252 g/mol. The van der Waals surface area contributed by atoms with Gasteiger partial charge in [-0.1, -0.05) is 6.07 Å². The summed E-state index contributed by atoms with van der Waals surface area (Å²) in [4.78, 5) is 21.4. The van der Waals surface area contributed by atoms with E-state index in [9.17, 15) is 14.9 Å². The number of para-hydroxylation sites is 1. The van der Waals surface area contributed by atoms with Gasteiger partial charge in [-0.25, -0.2) is 4.79 Å². The Morgan fingerprint density at radius 2 is 2.32 bits per heavy atom. The van der Waals surface area contributed by atoms with Gasteiger partial charge < -0.3 is 15.2 Å². The van der Waals surface area contributed by atoms with Crippen molar-refractivity contribution in [1.29, 1.82) is 0 Å². The summed E-state index contributed by atoms with van der Waals surface area (Å²) in [5.74, 6) is -1.31. The van der Waals surface area contributed by atoms with Gasteiger partial charge >= 0.3 is 11.7 Å². The summed E-state index contributed by atoms with van der Waals surface area (Å²) in [5, 5.41) is 23.1. The molecule has 1 saturated heterocycles. The molecule has 1 aromatic rings. The summed E-state index contributed by atoms with van der Waals surface area (Å²) in [6.07, 6.45) is 0.670. The summed E-state index contributed by atoms with van der Waals surface area (Å²) in [7, 11) is 0. The van der Waals surface area contributed by atoms with E-state index in [0.717, 1.165) is 6.42 Å². The first-order chi connectivity index (χ1) is 9.00. The Morgan fingerprint density at radius 3 is 2.84 bits per heavy atom. The molecule has 7 nitrogen and oxygen atoms in total. The standard InChI is InChI=1S/C12H14N2O5/c1-7-9(5-6-19-7)13-10-4-2-3-8(12(15)16)11(10)14(17)18/h2-4,7,9,13H,5-6H2,1H3,(H,15,16). The van der Waals surface area contributed by atoms with Crippen LogP contribution in [0.15, 0.2) is 18.2 Å². The Kier molecular flexibility index (Phi) is 3.66. The van der Waals surface area contributed by atoms with Crippen LogP contribution in [0.1, 0.15) is 23.7 Å². The van der Waals surface area contributed by atoms with E-state index in [1.807, 2.05) is 6.92 Å². The highest BCUT2D eigenvalue weighted by molar-refractivity contribution is 5.95. The molecule has 0 aliphatic carbocycles. The van der Waals surface area contributed by atoms with Gasteiger partial charge in [-0.2, -0.15) is 0 Å². The first-order valence-corrected chi connectivity index (χ1v) is 5.89. The maximum atomic E-state index is 11.1. The zero-order valence-electron chi connectivity index (χ0n) is 10.3. The van der Waals surface area contributed by atoms with Crippen molar-refractivity contribution in [3.8, 4) is 0 Å². The quantitative estimate of drug-likeness (QED) is 0.637. The van der Waals surface area contributed by atoms with E-state index < -0.39 is 16.6 Å². The van der Waals surface area contributed by atoms with Crippen LogP contribution in [0.5, 0.6) is 0 Å². The van der Waals surface area contributed by atoms with Gasteiger partial charge in [-0.05, 0) is 25.5 Å². The van der Waals surface area contributed by atoms with Crippen LogP contribution < -0.4 is 5.32 Å². The van der Waals surface area contributed by atoms with Crippen molar-refractivity contribution in [2.24, 2.45) is 0 Å². The Hall–Kier alpha value is -2.15. The summed E-state index contributed by atoms with van der Waals surface area (Å²) in [6.45, 7) is 2.46. The van der Waals surface area contributed by atoms with Crippen LogP contribution in [0.25, 0.3) is 0 Å². The number of benzene rings is 1. The van der Waals surface area contributed by atoms with Gasteiger partial charge in [0.15, 0.2) is 0 Å². The molecule has 2 atom stereocenters. The van der Waals surface area contributed by atoms with E-state index in [4.69, 9.17) is 9.84 Å². The van der Waals surface area contributed by atoms with E-state index >= 15 is 0 Å². The number of carboxylic acid groups (broad SMARTS) is 1. The lowest BCUT2D eigenvalue weighted by atomic mass is 10.1. The van der Waals surface area contributed by atoms with Crippen molar-refractivity contribution >= 4 is 17.3 Å². The predicted molar refractivity (Wildman–Crippen MR) is 67.5 cm³/mol. The molecule has 1 aliphatic heterocycles. The summed E-state index contributed by atoms with van der Waals surface area (Å²) < 4.78 is 5.37. The normalized spacial score (nSPS) is 22.2. The number of nitrogens with zero attached hydrogens (tertiary/aromatic N) is 1. The Labute approximate surface area is 109 Å². The molecule has 7 heteroatoms. The minimum absolute atomic E-state index is 0.0530. The second-order valence-electron chi connectivity index (χ2n) is 4.38. The molecule has 2 N–H and O–H groups in total. The second-order valence-corrected chi connectivity index (χ2v) is 4.38. The van der Waals surface area contributed by atoms with E-state index in [1.54, 1.807) is 0 Å². The van der Waals surface area contributed by atoms with Crippen LogP contribution in [-0.2, 0) is 4.74 Å². The van der Waals surface area contributed by atoms with Crippen molar-refractivity contribution in [1.82, 2.24) is 0 Å². The lowest BCUT2D eigenvalue weighted by molar-refractivity contribution is -0.384. The lowest BCUT2D eigenvalue weighted by Crippen LogP contribution is -2.27. The molecule has 0 bridgehead atoms. The highest BCUT2D eigenvalue weighted by atomic mass is 16.6. The minimum atomic E-state index is -1.31. The number of ether oxygens (including phenoxy) is 1. The molecule has 1 fully saturated rings. The SMILES string of the molecule is CC1OCCC1Nc1cccc(C(=O)O)c1[N+](=O)[O-]. The van der Waals surface area contributed by atoms with Crippen molar-refractivity contribution in [2.75, 3.05) is 11.9 Å². The van der Waals surface area contributed by atoms with Crippen LogP contribution in [0.3, 0.4) is 0 Å². The summed E-state index contributed by atoms with van der Waals surface area (Å²) in [5.41, 5.74) is -0.511. The van der Waals surface area contributed by atoms with Crippen LogP contribution in [0.4, 0.5) is 11.4 Å². The van der Waals surface area contributed by atoms with Gasteiger partial charge in [-0.15, -0.1) is 0 Å². The predicted octanol–water partition coefficient (Wildman–Crippen LogP) is 1.88. The smallest absolute Gasteiger partial charge is 0.342 e. The van der Waals surface area contributed by atoms with Gasteiger partial charge in [0.1, 0.15) is 11.3 Å². The highest BCUT2D eigenvalue weighted by Crippen LogP contribution is 2.31. The lowest BCUT2D eigenvalue weighted by Gasteiger charge is -2.17. The maximum absolute atomic E-state index is 11.1. The fraction of sp³-hybridized carbons (Fsp3) is 0.417. The Bertz CT molecular complexity index is 517. The molecule has 1 aromatic carbocycles. The van der Waals surface area contributed by atoms with E-state index in [0.29, 0.717) is 6.61 Å². The van der Waals surface area contributed by atoms with Gasteiger partial charge in [-0.3, -0.25) is 10.1 Å². The number of nitro benzene ring substituents is 1. The molecule has 0 saturated carbocycles. The van der Waals surface area contributed by atoms with E-state index in [1.165, 1.54) is 18.2 Å². The number of anilines is 1. The molecule has 0 amide bonds. The summed E-state index contributed by atoms with van der Waals surface area (Å²) >= 11 is 0. The number of nitro groups is 1. The van der Waals surface area contributed by atoms with Crippen molar-refractivity contribution < 1.29 is 19.6 Å². The van der Waals surface area contributed by atoms with Crippen molar-refractivity contribution in [3.05, 3.63) is 33.9 Å². The van der Waals surface area contributed by atoms with E-state index in [2.05, 4.69) is 5.32 Å². The summed E-state index contributed by atoms with van der Waals surface area (Å²) in [6, 6.07) is 4.16. The maximum Gasteiger partial charge on any atom is 0.342 e. The number of hydrogen-bond acceptors (Lipinski definition) is 5. The Balaban J connectivity index is 2.36. The minimum Gasteiger partial charge on any atom is -0.477 e. The largest absolute Gasteiger partial charge is 0.477 e. The highest BCUT2D eigenvalue weighted by Gasteiger charge is 2.29. The molecule has 2 unspecified atom stereocenters. The molecule has 0 aromatic heterocycles. The van der Waals surface area contributed by atoms with Gasteiger partial charge in [0.25, 0.3) is 0 Å². The molecule has 1 heterocycles. The first kappa shape index (κ1) is 13.3. The molecule has 1 aliphatic rings. The topological polar surface area (TPSA) is 102 Å². The number of rotatable bonds is 4. The average molecular weight is 266 g/mol. The molecule has 102 valence electrons. The third-order valence-corrected chi connectivity index (χ3v) is 3.17. The zero-order chi connectivity index (χ0) is 14.0. The van der Waals surface area contributed by atoms with Gasteiger partial charge in [0.2, 0.25) is 0 Å². The fourth-order valence-electron chi connectivity index (χ4n) is 2.15. The third-order valence-electron chi connectivity index (χ3n) is 3.17. The Morgan fingerprint density at radius 1 is 1.58 bits per heavy atom. The second kappa shape index (κ2) is 5.23. The van der Waals surface area contributed by atoms with Crippen LogP contribution in [0, 0.1) is 10.1 Å². The third kappa shape index (κ3) is 2.65. The molecule has 0 radical (unpaired) electrons.